The van der Waals surface area contributed by atoms with Crippen molar-refractivity contribution in [1.82, 2.24) is 9.13 Å². The first-order valence-electron chi connectivity index (χ1n) is 17.7. The number of aryl methyl sites for hydroxylation is 1. The molecule has 0 saturated heterocycles. The summed E-state index contributed by atoms with van der Waals surface area (Å²) < 4.78 is 4.98. The predicted molar refractivity (Wildman–Crippen MR) is 212 cm³/mol. The van der Waals surface area contributed by atoms with Crippen molar-refractivity contribution in [1.29, 1.82) is 0 Å². The average Bonchev–Trinajstić information content (AvgIpc) is 3.78. The molecule has 2 aliphatic carbocycles. The van der Waals surface area contributed by atoms with Gasteiger partial charge in [0.15, 0.2) is 0 Å². The molecule has 0 radical (unpaired) electrons. The Balaban J connectivity index is 1.15. The Bertz CT molecular complexity index is 3150. The standard InChI is InChI=1S/C48H30N2/c1-3-12-31-25-46-40(23-29(31)10-1)41-24-30-11-2-4-13-32(30)26-47(41)49(46)34-20-21-45-42(27-34)38-17-7-8-19-44(38)50(45)35-22-33-14-9-18-39-36-15-5-6-16-37(36)43(28-35)48(33)39/h1-3,5-12,14-28H,4,13H2. The predicted octanol–water partition coefficient (Wildman–Crippen LogP) is 12.8. The minimum atomic E-state index is 1.08. The monoisotopic (exact) mass is 634 g/mol. The summed E-state index contributed by atoms with van der Waals surface area (Å²) in [6.45, 7) is 0. The van der Waals surface area contributed by atoms with Gasteiger partial charge in [0.1, 0.15) is 0 Å². The molecule has 12 rings (SSSR count). The van der Waals surface area contributed by atoms with Crippen molar-refractivity contribution < 1.29 is 0 Å². The van der Waals surface area contributed by atoms with Crippen LogP contribution in [0.2, 0.25) is 0 Å². The smallest absolute Gasteiger partial charge is 0.0547 e. The topological polar surface area (TPSA) is 9.86 Å². The second kappa shape index (κ2) is 9.62. The van der Waals surface area contributed by atoms with E-state index in [1.807, 2.05) is 0 Å². The number of allylic oxidation sites excluding steroid dienone is 1. The Morgan fingerprint density at radius 1 is 0.400 bits per heavy atom. The molecule has 0 spiro atoms. The molecule has 10 aromatic rings. The second-order valence-corrected chi connectivity index (χ2v) is 14.1. The first-order chi connectivity index (χ1) is 24.8. The number of aromatic nitrogens is 2. The molecule has 0 atom stereocenters. The molecule has 2 aliphatic rings. The summed E-state index contributed by atoms with van der Waals surface area (Å²) in [6.07, 6.45) is 6.80. The third-order valence-corrected chi connectivity index (χ3v) is 11.4. The van der Waals surface area contributed by atoms with Crippen LogP contribution in [0, 0.1) is 0 Å². The van der Waals surface area contributed by atoms with E-state index in [1.165, 1.54) is 110 Å². The zero-order chi connectivity index (χ0) is 32.5. The van der Waals surface area contributed by atoms with Gasteiger partial charge >= 0.3 is 0 Å². The molecule has 50 heavy (non-hydrogen) atoms. The van der Waals surface area contributed by atoms with Gasteiger partial charge in [-0.2, -0.15) is 0 Å². The Kier molecular flexibility index (Phi) is 5.11. The highest BCUT2D eigenvalue weighted by molar-refractivity contribution is 6.18. The Morgan fingerprint density at radius 2 is 1.08 bits per heavy atom. The molecule has 0 N–H and O–H groups in total. The number of hydrogen-bond donors (Lipinski definition) is 0. The van der Waals surface area contributed by atoms with Crippen LogP contribution in [0.1, 0.15) is 17.5 Å². The van der Waals surface area contributed by atoms with Crippen molar-refractivity contribution in [2.24, 2.45) is 0 Å². The van der Waals surface area contributed by atoms with Gasteiger partial charge in [0.25, 0.3) is 0 Å². The zero-order valence-electron chi connectivity index (χ0n) is 27.3. The first-order valence-corrected chi connectivity index (χ1v) is 17.7. The van der Waals surface area contributed by atoms with Gasteiger partial charge in [-0.25, -0.2) is 0 Å². The van der Waals surface area contributed by atoms with Crippen LogP contribution in [0.25, 0.3) is 105 Å². The Hall–Kier alpha value is -6.38. The minimum absolute atomic E-state index is 1.08. The molecule has 0 unspecified atom stereocenters. The largest absolute Gasteiger partial charge is 0.309 e. The maximum Gasteiger partial charge on any atom is 0.0547 e. The van der Waals surface area contributed by atoms with Gasteiger partial charge in [-0.1, -0.05) is 97.1 Å². The summed E-state index contributed by atoms with van der Waals surface area (Å²) in [4.78, 5) is 0. The van der Waals surface area contributed by atoms with Crippen molar-refractivity contribution in [3.05, 3.63) is 163 Å². The second-order valence-electron chi connectivity index (χ2n) is 14.1. The molecule has 8 aromatic carbocycles. The number of nitrogens with zero attached hydrogens (tertiary/aromatic N) is 2. The van der Waals surface area contributed by atoms with Crippen molar-refractivity contribution in [2.75, 3.05) is 0 Å². The van der Waals surface area contributed by atoms with Crippen LogP contribution < -0.4 is 0 Å². The number of fused-ring (bicyclic) bond motifs is 11. The lowest BCUT2D eigenvalue weighted by molar-refractivity contribution is 0.987. The molecule has 2 heteroatoms. The SMILES string of the molecule is C1=Cc2cc3c4cc5ccccc5cc4n(-c4ccc5c(c4)c4ccccc4n5-c4cc5c6c(cccc6c4)-c4ccccc4-5)c3cc2CC1. The maximum absolute atomic E-state index is 2.51. The maximum atomic E-state index is 2.51. The van der Waals surface area contributed by atoms with E-state index in [-0.39, 0.29) is 0 Å². The van der Waals surface area contributed by atoms with Crippen molar-refractivity contribution >= 4 is 71.2 Å². The van der Waals surface area contributed by atoms with Crippen LogP contribution in [-0.4, -0.2) is 9.13 Å². The van der Waals surface area contributed by atoms with E-state index in [9.17, 15) is 0 Å². The molecule has 2 nitrogen and oxygen atoms in total. The first kappa shape index (κ1) is 26.6. The summed E-state index contributed by atoms with van der Waals surface area (Å²) >= 11 is 0. The van der Waals surface area contributed by atoms with Gasteiger partial charge < -0.3 is 9.13 Å². The van der Waals surface area contributed by atoms with Crippen LogP contribution in [0.5, 0.6) is 0 Å². The average molecular weight is 635 g/mol. The molecule has 2 aromatic heterocycles. The lowest BCUT2D eigenvalue weighted by atomic mass is 9.95. The van der Waals surface area contributed by atoms with E-state index in [1.54, 1.807) is 0 Å². The van der Waals surface area contributed by atoms with Gasteiger partial charge in [-0.05, 0) is 128 Å². The number of para-hydroxylation sites is 1. The van der Waals surface area contributed by atoms with E-state index in [2.05, 4.69) is 167 Å². The van der Waals surface area contributed by atoms with Crippen molar-refractivity contribution in [2.45, 2.75) is 12.8 Å². The summed E-state index contributed by atoms with van der Waals surface area (Å²) in [5.41, 5.74) is 15.4. The Morgan fingerprint density at radius 3 is 2.00 bits per heavy atom. The lowest BCUT2D eigenvalue weighted by Crippen LogP contribution is -1.98. The van der Waals surface area contributed by atoms with E-state index in [0.717, 1.165) is 12.8 Å². The van der Waals surface area contributed by atoms with Crippen LogP contribution in [0.3, 0.4) is 0 Å². The van der Waals surface area contributed by atoms with E-state index in [0.29, 0.717) is 0 Å². The highest BCUT2D eigenvalue weighted by atomic mass is 15.0. The molecule has 2 heterocycles. The number of benzene rings is 8. The summed E-state index contributed by atoms with van der Waals surface area (Å²) in [5.74, 6) is 0. The fraction of sp³-hybridized carbons (Fsp3) is 0.0417. The molecule has 0 amide bonds. The number of hydrogen-bond acceptors (Lipinski definition) is 0. The third-order valence-electron chi connectivity index (χ3n) is 11.4. The highest BCUT2D eigenvalue weighted by Crippen LogP contribution is 2.48. The quantitative estimate of drug-likeness (QED) is 0.179. The molecular weight excluding hydrogens is 605 g/mol. The van der Waals surface area contributed by atoms with Crippen LogP contribution in [0.15, 0.2) is 152 Å². The van der Waals surface area contributed by atoms with Crippen molar-refractivity contribution in [3.8, 4) is 33.6 Å². The summed E-state index contributed by atoms with van der Waals surface area (Å²) in [7, 11) is 0. The van der Waals surface area contributed by atoms with Crippen molar-refractivity contribution in [3.63, 3.8) is 0 Å². The van der Waals surface area contributed by atoms with Gasteiger partial charge in [0.2, 0.25) is 0 Å². The van der Waals surface area contributed by atoms with Crippen LogP contribution in [0.4, 0.5) is 0 Å². The molecule has 232 valence electrons. The van der Waals surface area contributed by atoms with E-state index in [4.69, 9.17) is 0 Å². The van der Waals surface area contributed by atoms with Gasteiger partial charge in [-0.15, -0.1) is 0 Å². The van der Waals surface area contributed by atoms with Crippen LogP contribution >= 0.6 is 0 Å². The Labute approximate surface area is 288 Å². The molecular formula is C48H30N2. The number of rotatable bonds is 2. The zero-order valence-corrected chi connectivity index (χ0v) is 27.3. The molecule has 0 aliphatic heterocycles. The fourth-order valence-corrected chi connectivity index (χ4v) is 9.22. The summed E-state index contributed by atoms with van der Waals surface area (Å²) in [5, 5.41) is 10.3. The molecule has 0 saturated carbocycles. The minimum Gasteiger partial charge on any atom is -0.309 e. The molecule has 0 fully saturated rings. The van der Waals surface area contributed by atoms with Gasteiger partial charge in [0, 0.05) is 32.9 Å². The van der Waals surface area contributed by atoms with E-state index >= 15 is 0 Å². The van der Waals surface area contributed by atoms with Crippen LogP contribution in [-0.2, 0) is 6.42 Å². The van der Waals surface area contributed by atoms with E-state index < -0.39 is 0 Å². The highest BCUT2D eigenvalue weighted by Gasteiger charge is 2.23. The molecule has 0 bridgehead atoms. The van der Waals surface area contributed by atoms with Gasteiger partial charge in [0.05, 0.1) is 22.1 Å². The normalized spacial score (nSPS) is 13.4. The fourth-order valence-electron chi connectivity index (χ4n) is 9.22. The van der Waals surface area contributed by atoms with Gasteiger partial charge in [-0.3, -0.25) is 0 Å². The third kappa shape index (κ3) is 3.47. The lowest BCUT2D eigenvalue weighted by Gasteiger charge is -2.14. The summed E-state index contributed by atoms with van der Waals surface area (Å²) in [6, 6.07) is 54.8.